The first-order chi connectivity index (χ1) is 11.9. The molecule has 2 aliphatic rings. The van der Waals surface area contributed by atoms with Crippen molar-refractivity contribution in [3.05, 3.63) is 35.9 Å². The summed E-state index contributed by atoms with van der Waals surface area (Å²) < 4.78 is 33.5. The average molecular weight is 354 g/mol. The maximum atomic E-state index is 13.8. The summed E-state index contributed by atoms with van der Waals surface area (Å²) in [5.74, 6) is -2.82. The van der Waals surface area contributed by atoms with Crippen LogP contribution in [0.3, 0.4) is 0 Å². The van der Waals surface area contributed by atoms with E-state index in [1.54, 1.807) is 0 Å². The van der Waals surface area contributed by atoms with Gasteiger partial charge in [-0.15, -0.1) is 0 Å². The van der Waals surface area contributed by atoms with Crippen LogP contribution in [0, 0.1) is 17.8 Å². The normalized spacial score (nSPS) is 34.0. The standard InChI is InChI=1S/C20H28F2O3/c21-20(22)9-7-17-16(12-20)11-19(24,8-4-10-23)18(17)14-25-13-15-5-2-1-3-6-15/h1-3,5-6,16-18,23-24H,4,7-14H2/t16?,17-,18+,19?/m1/s1. The average Bonchev–Trinajstić information content (AvgIpc) is 2.84. The Kier molecular flexibility index (Phi) is 5.76. The number of aliphatic hydroxyl groups is 2. The lowest BCUT2D eigenvalue weighted by Gasteiger charge is -2.35. The highest BCUT2D eigenvalue weighted by molar-refractivity contribution is 5.13. The fourth-order valence-corrected chi connectivity index (χ4v) is 4.84. The van der Waals surface area contributed by atoms with Crippen LogP contribution in [-0.2, 0) is 11.3 Å². The Hall–Kier alpha value is -1.04. The number of aliphatic hydroxyl groups excluding tert-OH is 1. The van der Waals surface area contributed by atoms with Crippen LogP contribution >= 0.6 is 0 Å². The lowest BCUT2D eigenvalue weighted by atomic mass is 9.75. The van der Waals surface area contributed by atoms with Gasteiger partial charge in [0.15, 0.2) is 0 Å². The van der Waals surface area contributed by atoms with Crippen molar-refractivity contribution in [2.75, 3.05) is 13.2 Å². The first kappa shape index (κ1) is 18.7. The Balaban J connectivity index is 1.66. The highest BCUT2D eigenvalue weighted by Gasteiger charge is 2.56. The number of alkyl halides is 2. The van der Waals surface area contributed by atoms with E-state index in [2.05, 4.69) is 0 Å². The largest absolute Gasteiger partial charge is 0.396 e. The van der Waals surface area contributed by atoms with Crippen LogP contribution in [0.1, 0.15) is 44.1 Å². The molecule has 0 aliphatic heterocycles. The van der Waals surface area contributed by atoms with Crippen molar-refractivity contribution in [3.8, 4) is 0 Å². The molecule has 0 aromatic heterocycles. The van der Waals surface area contributed by atoms with Crippen molar-refractivity contribution in [3.63, 3.8) is 0 Å². The van der Waals surface area contributed by atoms with Crippen molar-refractivity contribution < 1.29 is 23.7 Å². The number of ether oxygens (including phenoxy) is 1. The predicted molar refractivity (Wildman–Crippen MR) is 91.3 cm³/mol. The van der Waals surface area contributed by atoms with Gasteiger partial charge in [-0.1, -0.05) is 30.3 Å². The molecule has 2 aliphatic carbocycles. The second-order valence-electron chi connectivity index (χ2n) is 7.76. The Bertz CT molecular complexity index is 551. The molecule has 3 rings (SSSR count). The third-order valence-electron chi connectivity index (χ3n) is 6.01. The summed E-state index contributed by atoms with van der Waals surface area (Å²) >= 11 is 0. The predicted octanol–water partition coefficient (Wildman–Crippen LogP) is 3.78. The summed E-state index contributed by atoms with van der Waals surface area (Å²) in [6.07, 6.45) is 1.54. The van der Waals surface area contributed by atoms with Gasteiger partial charge in [0.05, 0.1) is 18.8 Å². The number of rotatable bonds is 7. The molecule has 0 saturated heterocycles. The highest BCUT2D eigenvalue weighted by Crippen LogP contribution is 2.55. The molecule has 0 amide bonds. The molecule has 2 saturated carbocycles. The summed E-state index contributed by atoms with van der Waals surface area (Å²) in [6, 6.07) is 9.81. The number of halogens is 2. The van der Waals surface area contributed by atoms with Crippen LogP contribution in [0.25, 0.3) is 0 Å². The molecule has 3 nitrogen and oxygen atoms in total. The van der Waals surface area contributed by atoms with Crippen LogP contribution in [0.5, 0.6) is 0 Å². The molecule has 1 aromatic rings. The number of benzene rings is 1. The first-order valence-corrected chi connectivity index (χ1v) is 9.26. The van der Waals surface area contributed by atoms with Gasteiger partial charge in [0.1, 0.15) is 0 Å². The van der Waals surface area contributed by atoms with Crippen molar-refractivity contribution in [2.24, 2.45) is 17.8 Å². The fourth-order valence-electron chi connectivity index (χ4n) is 4.84. The van der Waals surface area contributed by atoms with E-state index >= 15 is 0 Å². The van der Waals surface area contributed by atoms with Crippen molar-refractivity contribution in [1.29, 1.82) is 0 Å². The van der Waals surface area contributed by atoms with Gasteiger partial charge in [-0.25, -0.2) is 8.78 Å². The second kappa shape index (κ2) is 7.68. The van der Waals surface area contributed by atoms with E-state index in [0.717, 1.165) is 5.56 Å². The van der Waals surface area contributed by atoms with E-state index in [4.69, 9.17) is 9.84 Å². The minimum atomic E-state index is -2.61. The molecule has 0 spiro atoms. The zero-order valence-electron chi connectivity index (χ0n) is 14.5. The quantitative estimate of drug-likeness (QED) is 0.783. The Morgan fingerprint density at radius 2 is 1.92 bits per heavy atom. The van der Waals surface area contributed by atoms with Gasteiger partial charge in [0, 0.05) is 25.4 Å². The van der Waals surface area contributed by atoms with Crippen molar-refractivity contribution in [2.45, 2.75) is 56.7 Å². The van der Waals surface area contributed by atoms with Gasteiger partial charge in [-0.2, -0.15) is 0 Å². The minimum Gasteiger partial charge on any atom is -0.396 e. The molecule has 25 heavy (non-hydrogen) atoms. The highest BCUT2D eigenvalue weighted by atomic mass is 19.3. The Labute approximate surface area is 148 Å². The molecular weight excluding hydrogens is 326 g/mol. The number of hydrogen-bond donors (Lipinski definition) is 2. The van der Waals surface area contributed by atoms with E-state index < -0.39 is 11.5 Å². The third kappa shape index (κ3) is 4.39. The van der Waals surface area contributed by atoms with Crippen LogP contribution in [0.15, 0.2) is 30.3 Å². The molecular formula is C20H28F2O3. The lowest BCUT2D eigenvalue weighted by molar-refractivity contribution is -0.0795. The van der Waals surface area contributed by atoms with E-state index in [-0.39, 0.29) is 37.2 Å². The molecule has 0 bridgehead atoms. The van der Waals surface area contributed by atoms with Crippen LogP contribution in [0.4, 0.5) is 8.78 Å². The van der Waals surface area contributed by atoms with Crippen molar-refractivity contribution in [1.82, 2.24) is 0 Å². The van der Waals surface area contributed by atoms with Crippen molar-refractivity contribution >= 4 is 0 Å². The van der Waals surface area contributed by atoms with Crippen LogP contribution in [0.2, 0.25) is 0 Å². The summed E-state index contributed by atoms with van der Waals surface area (Å²) in [5.41, 5.74) is 0.0564. The van der Waals surface area contributed by atoms with E-state index in [1.165, 1.54) is 0 Å². The van der Waals surface area contributed by atoms with Crippen LogP contribution < -0.4 is 0 Å². The lowest BCUT2D eigenvalue weighted by Crippen LogP contribution is -2.39. The smallest absolute Gasteiger partial charge is 0.248 e. The Morgan fingerprint density at radius 3 is 2.64 bits per heavy atom. The van der Waals surface area contributed by atoms with E-state index in [9.17, 15) is 13.9 Å². The van der Waals surface area contributed by atoms with E-state index in [1.807, 2.05) is 30.3 Å². The number of hydrogen-bond acceptors (Lipinski definition) is 3. The van der Waals surface area contributed by atoms with Gasteiger partial charge in [-0.05, 0) is 43.1 Å². The van der Waals surface area contributed by atoms with Gasteiger partial charge in [0.2, 0.25) is 5.92 Å². The molecule has 5 heteroatoms. The first-order valence-electron chi connectivity index (χ1n) is 9.26. The number of fused-ring (bicyclic) bond motifs is 1. The molecule has 0 heterocycles. The molecule has 0 radical (unpaired) electrons. The molecule has 2 fully saturated rings. The summed E-state index contributed by atoms with van der Waals surface area (Å²) in [5, 5.41) is 20.3. The summed E-state index contributed by atoms with van der Waals surface area (Å²) in [4.78, 5) is 0. The molecule has 1 aromatic carbocycles. The minimum absolute atomic E-state index is 0.00535. The topological polar surface area (TPSA) is 49.7 Å². The molecule has 2 unspecified atom stereocenters. The summed E-state index contributed by atoms with van der Waals surface area (Å²) in [7, 11) is 0. The van der Waals surface area contributed by atoms with Crippen LogP contribution in [-0.4, -0.2) is 35.0 Å². The Morgan fingerprint density at radius 1 is 1.16 bits per heavy atom. The maximum absolute atomic E-state index is 13.8. The maximum Gasteiger partial charge on any atom is 0.248 e. The monoisotopic (exact) mass is 354 g/mol. The van der Waals surface area contributed by atoms with Gasteiger partial charge in [-0.3, -0.25) is 0 Å². The van der Waals surface area contributed by atoms with Gasteiger partial charge >= 0.3 is 0 Å². The SMILES string of the molecule is OCCCC1(O)CC2CC(F)(F)CC[C@H]2[C@@H]1COCc1ccccc1. The molecule has 140 valence electrons. The van der Waals surface area contributed by atoms with Gasteiger partial charge in [0.25, 0.3) is 0 Å². The second-order valence-corrected chi connectivity index (χ2v) is 7.76. The summed E-state index contributed by atoms with van der Waals surface area (Å²) in [6.45, 7) is 0.843. The zero-order chi connectivity index (χ0) is 17.9. The zero-order valence-corrected chi connectivity index (χ0v) is 14.5. The molecule has 4 atom stereocenters. The fraction of sp³-hybridized carbons (Fsp3) is 0.700. The van der Waals surface area contributed by atoms with Gasteiger partial charge < -0.3 is 14.9 Å². The third-order valence-corrected chi connectivity index (χ3v) is 6.01. The molecule has 2 N–H and O–H groups in total. The van der Waals surface area contributed by atoms with E-state index in [0.29, 0.717) is 38.9 Å².